The molecule has 0 unspecified atom stereocenters. The molecule has 7 heteroatoms. The summed E-state index contributed by atoms with van der Waals surface area (Å²) in [7, 11) is 0. The van der Waals surface area contributed by atoms with Gasteiger partial charge in [0.1, 0.15) is 12.3 Å². The highest BCUT2D eigenvalue weighted by atomic mass is 19.4. The molecule has 0 atom stereocenters. The van der Waals surface area contributed by atoms with Crippen LogP contribution in [-0.4, -0.2) is 42.5 Å². The smallest absolute Gasteiger partial charge is 0.406 e. The third kappa shape index (κ3) is 5.99. The minimum atomic E-state index is -4.49. The Kier molecular flexibility index (Phi) is 6.15. The van der Waals surface area contributed by atoms with Gasteiger partial charge in [-0.1, -0.05) is 18.2 Å². The van der Waals surface area contributed by atoms with Gasteiger partial charge in [0.05, 0.1) is 0 Å². The number of carbonyl (C=O) groups is 2. The van der Waals surface area contributed by atoms with Gasteiger partial charge < -0.3 is 9.64 Å². The molecule has 0 radical (unpaired) electrons. The van der Waals surface area contributed by atoms with Crippen molar-refractivity contribution in [3.8, 4) is 5.75 Å². The number of nitrogens with zero attached hydrogens (tertiary/aromatic N) is 1. The maximum atomic E-state index is 12.4. The SMILES string of the molecule is C=CCN(CC(F)(F)F)C(=O)COc1cccc(C(C)=O)c1. The Morgan fingerprint density at radius 3 is 2.59 bits per heavy atom. The van der Waals surface area contributed by atoms with Crippen molar-refractivity contribution in [1.82, 2.24) is 4.90 Å². The van der Waals surface area contributed by atoms with Crippen molar-refractivity contribution >= 4 is 11.7 Å². The molecule has 1 rings (SSSR count). The molecule has 0 spiro atoms. The summed E-state index contributed by atoms with van der Waals surface area (Å²) in [5, 5.41) is 0. The van der Waals surface area contributed by atoms with E-state index in [0.29, 0.717) is 10.5 Å². The molecule has 22 heavy (non-hydrogen) atoms. The zero-order valence-corrected chi connectivity index (χ0v) is 12.0. The zero-order valence-electron chi connectivity index (χ0n) is 12.0. The zero-order chi connectivity index (χ0) is 16.8. The highest BCUT2D eigenvalue weighted by Gasteiger charge is 2.32. The highest BCUT2D eigenvalue weighted by Crippen LogP contribution is 2.17. The van der Waals surface area contributed by atoms with Crippen LogP contribution in [-0.2, 0) is 4.79 Å². The lowest BCUT2D eigenvalue weighted by Gasteiger charge is -2.22. The maximum Gasteiger partial charge on any atom is 0.406 e. The van der Waals surface area contributed by atoms with Crippen molar-refractivity contribution in [2.45, 2.75) is 13.1 Å². The van der Waals surface area contributed by atoms with E-state index in [1.165, 1.54) is 25.1 Å². The van der Waals surface area contributed by atoms with E-state index in [1.54, 1.807) is 12.1 Å². The number of rotatable bonds is 7. The van der Waals surface area contributed by atoms with Crippen molar-refractivity contribution in [2.24, 2.45) is 0 Å². The van der Waals surface area contributed by atoms with Crippen LogP contribution in [0.5, 0.6) is 5.75 Å². The Hall–Kier alpha value is -2.31. The number of benzene rings is 1. The lowest BCUT2D eigenvalue weighted by atomic mass is 10.1. The lowest BCUT2D eigenvalue weighted by molar-refractivity contribution is -0.161. The van der Waals surface area contributed by atoms with Gasteiger partial charge in [0, 0.05) is 12.1 Å². The molecule has 0 aliphatic heterocycles. The van der Waals surface area contributed by atoms with E-state index in [0.717, 1.165) is 0 Å². The standard InChI is InChI=1S/C15H16F3NO3/c1-3-7-19(10-15(16,17)18)14(21)9-22-13-6-4-5-12(8-13)11(2)20/h3-6,8H,1,7,9-10H2,2H3. The summed E-state index contributed by atoms with van der Waals surface area (Å²) in [5.74, 6) is -0.751. The summed E-state index contributed by atoms with van der Waals surface area (Å²) in [5.41, 5.74) is 0.392. The fourth-order valence-electron chi connectivity index (χ4n) is 1.67. The van der Waals surface area contributed by atoms with Crippen molar-refractivity contribution < 1.29 is 27.5 Å². The molecule has 0 fully saturated rings. The minimum Gasteiger partial charge on any atom is -0.484 e. The largest absolute Gasteiger partial charge is 0.484 e. The van der Waals surface area contributed by atoms with E-state index in [2.05, 4.69) is 6.58 Å². The Morgan fingerprint density at radius 2 is 2.05 bits per heavy atom. The average Bonchev–Trinajstić information content (AvgIpc) is 2.43. The Morgan fingerprint density at radius 1 is 1.36 bits per heavy atom. The third-order valence-electron chi connectivity index (χ3n) is 2.68. The van der Waals surface area contributed by atoms with Gasteiger partial charge in [-0.05, 0) is 19.1 Å². The summed E-state index contributed by atoms with van der Waals surface area (Å²) in [6, 6.07) is 6.08. The molecule has 0 N–H and O–H groups in total. The van der Waals surface area contributed by atoms with Crippen LogP contribution in [0.25, 0.3) is 0 Å². The first kappa shape index (κ1) is 17.7. The summed E-state index contributed by atoms with van der Waals surface area (Å²) in [6.07, 6.45) is -3.28. The fourth-order valence-corrected chi connectivity index (χ4v) is 1.67. The van der Waals surface area contributed by atoms with E-state index >= 15 is 0 Å². The average molecular weight is 315 g/mol. The summed E-state index contributed by atoms with van der Waals surface area (Å²) in [4.78, 5) is 23.6. The van der Waals surface area contributed by atoms with E-state index in [1.807, 2.05) is 0 Å². The first-order valence-corrected chi connectivity index (χ1v) is 6.42. The number of halogens is 3. The van der Waals surface area contributed by atoms with Gasteiger partial charge in [-0.15, -0.1) is 6.58 Å². The van der Waals surface area contributed by atoms with Gasteiger partial charge in [0.2, 0.25) is 0 Å². The molecule has 4 nitrogen and oxygen atoms in total. The summed E-state index contributed by atoms with van der Waals surface area (Å²) >= 11 is 0. The fraction of sp³-hybridized carbons (Fsp3) is 0.333. The topological polar surface area (TPSA) is 46.6 Å². The van der Waals surface area contributed by atoms with Crippen molar-refractivity contribution in [3.05, 3.63) is 42.5 Å². The lowest BCUT2D eigenvalue weighted by Crippen LogP contribution is -2.41. The van der Waals surface area contributed by atoms with E-state index in [4.69, 9.17) is 4.74 Å². The first-order valence-electron chi connectivity index (χ1n) is 6.42. The number of alkyl halides is 3. The van der Waals surface area contributed by atoms with Crippen molar-refractivity contribution in [1.29, 1.82) is 0 Å². The predicted octanol–water partition coefficient (Wildman–Crippen LogP) is 2.84. The van der Waals surface area contributed by atoms with Crippen LogP contribution in [0.1, 0.15) is 17.3 Å². The molecule has 1 aromatic rings. The van der Waals surface area contributed by atoms with Crippen LogP contribution in [0, 0.1) is 0 Å². The second-order valence-corrected chi connectivity index (χ2v) is 4.55. The van der Waals surface area contributed by atoms with Gasteiger partial charge in [0.15, 0.2) is 12.4 Å². The second kappa shape index (κ2) is 7.63. The molecule has 0 saturated heterocycles. The van der Waals surface area contributed by atoms with Crippen molar-refractivity contribution in [2.75, 3.05) is 19.7 Å². The number of amides is 1. The molecule has 0 aromatic heterocycles. The number of ether oxygens (including phenoxy) is 1. The van der Waals surface area contributed by atoms with Crippen LogP contribution < -0.4 is 4.74 Å². The molecule has 0 aliphatic rings. The first-order chi connectivity index (χ1) is 10.2. The van der Waals surface area contributed by atoms with Gasteiger partial charge in [-0.2, -0.15) is 13.2 Å². The molecule has 0 heterocycles. The Labute approximate surface area is 126 Å². The Bertz CT molecular complexity index is 555. The van der Waals surface area contributed by atoms with E-state index in [9.17, 15) is 22.8 Å². The van der Waals surface area contributed by atoms with E-state index in [-0.39, 0.29) is 18.1 Å². The van der Waals surface area contributed by atoms with Crippen LogP contribution in [0.2, 0.25) is 0 Å². The molecular weight excluding hydrogens is 299 g/mol. The number of hydrogen-bond donors (Lipinski definition) is 0. The second-order valence-electron chi connectivity index (χ2n) is 4.55. The monoisotopic (exact) mass is 315 g/mol. The van der Waals surface area contributed by atoms with Gasteiger partial charge in [-0.25, -0.2) is 0 Å². The Balaban J connectivity index is 2.68. The highest BCUT2D eigenvalue weighted by molar-refractivity contribution is 5.94. The minimum absolute atomic E-state index is 0.179. The van der Waals surface area contributed by atoms with Crippen LogP contribution in [0.4, 0.5) is 13.2 Å². The summed E-state index contributed by atoms with van der Waals surface area (Å²) in [6.45, 7) is 2.55. The molecule has 0 saturated carbocycles. The maximum absolute atomic E-state index is 12.4. The van der Waals surface area contributed by atoms with Gasteiger partial charge >= 0.3 is 6.18 Å². The quantitative estimate of drug-likeness (QED) is 0.574. The molecule has 1 aromatic carbocycles. The van der Waals surface area contributed by atoms with Crippen molar-refractivity contribution in [3.63, 3.8) is 0 Å². The predicted molar refractivity (Wildman–Crippen MR) is 74.8 cm³/mol. The molecule has 0 bridgehead atoms. The van der Waals surface area contributed by atoms with Crippen LogP contribution in [0.15, 0.2) is 36.9 Å². The molecule has 1 amide bonds. The third-order valence-corrected chi connectivity index (χ3v) is 2.68. The van der Waals surface area contributed by atoms with Gasteiger partial charge in [0.25, 0.3) is 5.91 Å². The van der Waals surface area contributed by atoms with Crippen LogP contribution >= 0.6 is 0 Å². The van der Waals surface area contributed by atoms with Crippen LogP contribution in [0.3, 0.4) is 0 Å². The normalized spacial score (nSPS) is 10.9. The number of ketones is 1. The molecule has 120 valence electrons. The van der Waals surface area contributed by atoms with E-state index < -0.39 is 25.2 Å². The van der Waals surface area contributed by atoms with Gasteiger partial charge in [-0.3, -0.25) is 9.59 Å². The number of Topliss-reactive ketones (excluding diaryl/α,β-unsaturated/α-hetero) is 1. The number of hydrogen-bond acceptors (Lipinski definition) is 3. The summed E-state index contributed by atoms with van der Waals surface area (Å²) < 4.78 is 42.3. The number of carbonyl (C=O) groups excluding carboxylic acids is 2. The molecular formula is C15H16F3NO3. The molecule has 0 aliphatic carbocycles.